The van der Waals surface area contributed by atoms with E-state index in [9.17, 15) is 22.8 Å². The minimum atomic E-state index is -4.55. The molecule has 1 heterocycles. The van der Waals surface area contributed by atoms with Crippen molar-refractivity contribution in [1.82, 2.24) is 4.90 Å². The van der Waals surface area contributed by atoms with Crippen LogP contribution in [0.2, 0.25) is 0 Å². The summed E-state index contributed by atoms with van der Waals surface area (Å²) in [4.78, 5) is 27.1. The van der Waals surface area contributed by atoms with Gasteiger partial charge in [0.15, 0.2) is 0 Å². The number of nitrogens with two attached hydrogens (primary N) is 1. The fourth-order valence-corrected chi connectivity index (χ4v) is 6.57. The molecule has 39 heavy (non-hydrogen) atoms. The standard InChI is InChI=1S/C30H37BrF3N3O2/c1-19(38)23(16-21-17-25(30(32,33)34)28(35)26(31)18-21)8-3-2-6-20-10-12-24(13-11-20)37-15-14-22-7-4-5-9-27(22)36-29(37)39/h4-5,7,9,17-18,20,23-24H,2-3,6,8,10-16,35H2,1H3,(H,36,39)/t20?,23-,24?/m1/s1. The van der Waals surface area contributed by atoms with E-state index in [0.717, 1.165) is 69.7 Å². The number of alkyl halides is 3. The maximum absolute atomic E-state index is 13.4. The monoisotopic (exact) mass is 607 g/mol. The number of urea groups is 1. The number of hydrogen-bond donors (Lipinski definition) is 2. The van der Waals surface area contributed by atoms with Gasteiger partial charge in [0.2, 0.25) is 0 Å². The molecule has 212 valence electrons. The topological polar surface area (TPSA) is 75.4 Å². The number of ketones is 1. The summed E-state index contributed by atoms with van der Waals surface area (Å²) in [5.41, 5.74) is 6.97. The van der Waals surface area contributed by atoms with Crippen LogP contribution in [0.15, 0.2) is 40.9 Å². The first-order valence-electron chi connectivity index (χ1n) is 13.8. The van der Waals surface area contributed by atoms with Crippen molar-refractivity contribution in [1.29, 1.82) is 0 Å². The number of carbonyl (C=O) groups excluding carboxylic acids is 2. The van der Waals surface area contributed by atoms with Crippen LogP contribution in [-0.2, 0) is 23.8 Å². The molecule has 2 aromatic carbocycles. The zero-order valence-electron chi connectivity index (χ0n) is 22.3. The molecule has 1 aliphatic carbocycles. The van der Waals surface area contributed by atoms with E-state index >= 15 is 0 Å². The van der Waals surface area contributed by atoms with Crippen LogP contribution in [-0.4, -0.2) is 29.3 Å². The highest BCUT2D eigenvalue weighted by molar-refractivity contribution is 9.10. The Balaban J connectivity index is 1.22. The Labute approximate surface area is 236 Å². The van der Waals surface area contributed by atoms with Gasteiger partial charge in [-0.1, -0.05) is 37.5 Å². The van der Waals surface area contributed by atoms with Crippen LogP contribution < -0.4 is 11.1 Å². The molecule has 0 aromatic heterocycles. The molecule has 1 aliphatic heterocycles. The van der Waals surface area contributed by atoms with Gasteiger partial charge >= 0.3 is 12.2 Å². The van der Waals surface area contributed by atoms with E-state index in [1.807, 2.05) is 23.1 Å². The van der Waals surface area contributed by atoms with E-state index in [2.05, 4.69) is 27.3 Å². The Morgan fingerprint density at radius 1 is 1.15 bits per heavy atom. The van der Waals surface area contributed by atoms with Gasteiger partial charge < -0.3 is 16.0 Å². The second-order valence-electron chi connectivity index (χ2n) is 11.0. The molecule has 3 N–H and O–H groups in total. The SMILES string of the molecule is CC(=O)[C@H](CCCCC1CCC(N2CCc3ccccc3NC2=O)CC1)Cc1cc(Br)c(N)c(C(F)(F)F)c1. The number of fused-ring (bicyclic) bond motifs is 1. The van der Waals surface area contributed by atoms with Crippen molar-refractivity contribution in [3.63, 3.8) is 0 Å². The third-order valence-electron chi connectivity index (χ3n) is 8.37. The molecule has 1 fully saturated rings. The van der Waals surface area contributed by atoms with Crippen molar-refractivity contribution >= 4 is 39.1 Å². The summed E-state index contributed by atoms with van der Waals surface area (Å²) in [7, 11) is 0. The van der Waals surface area contributed by atoms with E-state index in [1.165, 1.54) is 12.5 Å². The van der Waals surface area contributed by atoms with Crippen molar-refractivity contribution < 1.29 is 22.8 Å². The van der Waals surface area contributed by atoms with Crippen LogP contribution in [0.4, 0.5) is 29.3 Å². The third-order valence-corrected chi connectivity index (χ3v) is 9.02. The number of nitrogens with one attached hydrogen (secondary N) is 1. The van der Waals surface area contributed by atoms with Crippen LogP contribution in [0.5, 0.6) is 0 Å². The third kappa shape index (κ3) is 7.56. The summed E-state index contributed by atoms with van der Waals surface area (Å²) < 4.78 is 40.3. The summed E-state index contributed by atoms with van der Waals surface area (Å²) in [6, 6.07) is 10.9. The molecular formula is C30H37BrF3N3O2. The molecule has 2 amide bonds. The fourth-order valence-electron chi connectivity index (χ4n) is 6.07. The van der Waals surface area contributed by atoms with Gasteiger partial charge in [0.05, 0.1) is 11.3 Å². The van der Waals surface area contributed by atoms with Gasteiger partial charge in [-0.2, -0.15) is 13.2 Å². The minimum Gasteiger partial charge on any atom is -0.397 e. The lowest BCUT2D eigenvalue weighted by Crippen LogP contribution is -2.44. The van der Waals surface area contributed by atoms with E-state index in [-0.39, 0.29) is 40.4 Å². The van der Waals surface area contributed by atoms with Gasteiger partial charge in [-0.05, 0) is 103 Å². The van der Waals surface area contributed by atoms with Crippen LogP contribution in [0, 0.1) is 11.8 Å². The van der Waals surface area contributed by atoms with E-state index in [0.29, 0.717) is 17.9 Å². The number of halogens is 4. The summed E-state index contributed by atoms with van der Waals surface area (Å²) in [6.45, 7) is 2.25. The van der Waals surface area contributed by atoms with E-state index in [4.69, 9.17) is 5.73 Å². The number of para-hydroxylation sites is 1. The summed E-state index contributed by atoms with van der Waals surface area (Å²) in [6.07, 6.45) is 4.31. The molecule has 1 atom stereocenters. The maximum Gasteiger partial charge on any atom is 0.418 e. The first-order chi connectivity index (χ1) is 18.5. The Bertz CT molecular complexity index is 1180. The second kappa shape index (κ2) is 12.7. The number of Topliss-reactive ketones (excluding diaryl/α,β-unsaturated/α-hetero) is 1. The van der Waals surface area contributed by atoms with Crippen LogP contribution >= 0.6 is 15.9 Å². The van der Waals surface area contributed by atoms with Gasteiger partial charge in [0.25, 0.3) is 0 Å². The first kappa shape index (κ1) is 29.4. The number of carbonyl (C=O) groups is 2. The Morgan fingerprint density at radius 2 is 1.87 bits per heavy atom. The predicted molar refractivity (Wildman–Crippen MR) is 152 cm³/mol. The Morgan fingerprint density at radius 3 is 2.56 bits per heavy atom. The Kier molecular flexibility index (Phi) is 9.62. The number of nitrogens with zero attached hydrogens (tertiary/aromatic N) is 1. The summed E-state index contributed by atoms with van der Waals surface area (Å²) in [5.74, 6) is 0.282. The molecule has 2 aliphatic rings. The van der Waals surface area contributed by atoms with Crippen LogP contribution in [0.1, 0.15) is 75.0 Å². The summed E-state index contributed by atoms with van der Waals surface area (Å²) in [5, 5.41) is 3.07. The molecule has 1 saturated carbocycles. The number of amides is 2. The lowest BCUT2D eigenvalue weighted by atomic mass is 9.82. The van der Waals surface area contributed by atoms with Gasteiger partial charge in [0, 0.05) is 28.7 Å². The van der Waals surface area contributed by atoms with Crippen LogP contribution in [0.3, 0.4) is 0 Å². The molecular weight excluding hydrogens is 571 g/mol. The molecule has 2 aromatic rings. The number of nitrogen functional groups attached to an aromatic ring is 1. The molecule has 0 radical (unpaired) electrons. The molecule has 9 heteroatoms. The van der Waals surface area contributed by atoms with Crippen molar-refractivity contribution in [2.45, 2.75) is 83.4 Å². The van der Waals surface area contributed by atoms with Gasteiger partial charge in [-0.3, -0.25) is 4.79 Å². The quantitative estimate of drug-likeness (QED) is 0.224. The highest BCUT2D eigenvalue weighted by Gasteiger charge is 2.34. The highest BCUT2D eigenvalue weighted by atomic mass is 79.9. The van der Waals surface area contributed by atoms with E-state index < -0.39 is 11.7 Å². The van der Waals surface area contributed by atoms with Crippen LogP contribution in [0.25, 0.3) is 0 Å². The average molecular weight is 609 g/mol. The lowest BCUT2D eigenvalue weighted by molar-refractivity contribution is -0.137. The van der Waals surface area contributed by atoms with Crippen molar-refractivity contribution in [2.75, 3.05) is 17.6 Å². The number of anilines is 2. The zero-order valence-corrected chi connectivity index (χ0v) is 23.9. The molecule has 0 saturated heterocycles. The Hall–Kier alpha value is -2.55. The number of unbranched alkanes of at least 4 members (excludes halogenated alkanes) is 1. The van der Waals surface area contributed by atoms with Gasteiger partial charge in [-0.25, -0.2) is 4.79 Å². The zero-order chi connectivity index (χ0) is 28.2. The lowest BCUT2D eigenvalue weighted by Gasteiger charge is -2.36. The smallest absolute Gasteiger partial charge is 0.397 e. The maximum atomic E-state index is 13.4. The van der Waals surface area contributed by atoms with Crippen molar-refractivity contribution in [3.8, 4) is 0 Å². The number of benzene rings is 2. The minimum absolute atomic E-state index is 0.00473. The summed E-state index contributed by atoms with van der Waals surface area (Å²) >= 11 is 3.13. The molecule has 0 bridgehead atoms. The molecule has 5 nitrogen and oxygen atoms in total. The van der Waals surface area contributed by atoms with Gasteiger partial charge in [0.1, 0.15) is 5.78 Å². The predicted octanol–water partition coefficient (Wildman–Crippen LogP) is 8.01. The molecule has 4 rings (SSSR count). The average Bonchev–Trinajstić information content (AvgIpc) is 3.05. The number of rotatable bonds is 9. The second-order valence-corrected chi connectivity index (χ2v) is 11.9. The van der Waals surface area contributed by atoms with Crippen molar-refractivity contribution in [2.24, 2.45) is 11.8 Å². The number of hydrogen-bond acceptors (Lipinski definition) is 3. The normalized spacial score (nSPS) is 20.6. The van der Waals surface area contributed by atoms with Gasteiger partial charge in [-0.15, -0.1) is 0 Å². The fraction of sp³-hybridized carbons (Fsp3) is 0.533. The largest absolute Gasteiger partial charge is 0.418 e. The molecule has 0 spiro atoms. The first-order valence-corrected chi connectivity index (χ1v) is 14.6. The molecule has 0 unspecified atom stereocenters. The van der Waals surface area contributed by atoms with E-state index in [1.54, 1.807) is 6.07 Å². The highest BCUT2D eigenvalue weighted by Crippen LogP contribution is 2.39. The van der Waals surface area contributed by atoms with Crippen molar-refractivity contribution in [3.05, 3.63) is 57.6 Å².